The summed E-state index contributed by atoms with van der Waals surface area (Å²) in [5.74, 6) is 0.683. The summed E-state index contributed by atoms with van der Waals surface area (Å²) < 4.78 is 0. The van der Waals surface area contributed by atoms with Crippen LogP contribution in [0.5, 0.6) is 0 Å². The molecule has 1 saturated heterocycles. The Morgan fingerprint density at radius 3 is 3.16 bits per heavy atom. The molecule has 0 saturated carbocycles. The molecule has 2 heterocycles. The van der Waals surface area contributed by atoms with E-state index < -0.39 is 0 Å². The van der Waals surface area contributed by atoms with Gasteiger partial charge < -0.3 is 14.7 Å². The van der Waals surface area contributed by atoms with E-state index in [0.29, 0.717) is 12.0 Å². The Hall–Kier alpha value is -1.61. The number of H-pyrrole nitrogens is 1. The Balaban J connectivity index is 1.88. The molecule has 98 valence electrons. The van der Waals surface area contributed by atoms with Crippen LogP contribution in [0.15, 0.2) is 24.4 Å². The third-order valence-electron chi connectivity index (χ3n) is 4.95. The van der Waals surface area contributed by atoms with E-state index in [4.69, 9.17) is 0 Å². The van der Waals surface area contributed by atoms with Crippen molar-refractivity contribution in [2.24, 2.45) is 5.92 Å². The smallest absolute Gasteiger partial charge is 0.124 e. The SMILES string of the molecule is CN1C[C@H](C=O)C[C@@H]2c3cccc4[nH]cc(c34)C[C@H]21. The second-order valence-electron chi connectivity index (χ2n) is 6.03. The maximum absolute atomic E-state index is 11.2. The van der Waals surface area contributed by atoms with E-state index in [1.165, 1.54) is 22.0 Å². The summed E-state index contributed by atoms with van der Waals surface area (Å²) in [6.07, 6.45) is 5.40. The first-order valence-electron chi connectivity index (χ1n) is 7.02. The van der Waals surface area contributed by atoms with Crippen molar-refractivity contribution in [3.05, 3.63) is 35.5 Å². The number of aromatic amines is 1. The van der Waals surface area contributed by atoms with Gasteiger partial charge in [0.25, 0.3) is 0 Å². The van der Waals surface area contributed by atoms with Crippen molar-refractivity contribution in [3.63, 3.8) is 0 Å². The maximum atomic E-state index is 11.2. The largest absolute Gasteiger partial charge is 0.361 e. The van der Waals surface area contributed by atoms with E-state index in [1.807, 2.05) is 0 Å². The standard InChI is InChI=1S/C16H18N2O/c1-18-8-10(9-19)5-13-12-3-2-4-14-16(12)11(7-17-14)6-15(13)18/h2-4,7,9-10,13,15,17H,5-6,8H2,1H3/t10-,13-,15-/m1/s1. The molecule has 1 N–H and O–H groups in total. The molecule has 3 atom stereocenters. The fourth-order valence-electron chi connectivity index (χ4n) is 4.08. The molecule has 1 aliphatic carbocycles. The van der Waals surface area contributed by atoms with Crippen LogP contribution in [0.1, 0.15) is 23.5 Å². The lowest BCUT2D eigenvalue weighted by Gasteiger charge is -2.44. The van der Waals surface area contributed by atoms with Crippen molar-refractivity contribution < 1.29 is 4.79 Å². The number of aldehydes is 1. The quantitative estimate of drug-likeness (QED) is 0.793. The molecule has 19 heavy (non-hydrogen) atoms. The molecule has 1 aromatic heterocycles. The highest BCUT2D eigenvalue weighted by Gasteiger charge is 2.39. The number of likely N-dealkylation sites (N-methyl/N-ethyl adjacent to an activating group) is 1. The summed E-state index contributed by atoms with van der Waals surface area (Å²) in [7, 11) is 2.16. The summed E-state index contributed by atoms with van der Waals surface area (Å²) in [5.41, 5.74) is 4.11. The van der Waals surface area contributed by atoms with Gasteiger partial charge in [0, 0.05) is 41.5 Å². The van der Waals surface area contributed by atoms with Gasteiger partial charge in [-0.15, -0.1) is 0 Å². The van der Waals surface area contributed by atoms with Crippen LogP contribution >= 0.6 is 0 Å². The number of benzene rings is 1. The third kappa shape index (κ3) is 1.51. The molecule has 0 bridgehead atoms. The Morgan fingerprint density at radius 2 is 2.32 bits per heavy atom. The van der Waals surface area contributed by atoms with Crippen molar-refractivity contribution in [2.75, 3.05) is 13.6 Å². The average molecular weight is 254 g/mol. The summed E-state index contributed by atoms with van der Waals surface area (Å²) in [4.78, 5) is 16.9. The molecular weight excluding hydrogens is 236 g/mol. The van der Waals surface area contributed by atoms with Gasteiger partial charge in [-0.2, -0.15) is 0 Å². The summed E-state index contributed by atoms with van der Waals surface area (Å²) in [5, 5.41) is 1.41. The van der Waals surface area contributed by atoms with Crippen molar-refractivity contribution in [3.8, 4) is 0 Å². The van der Waals surface area contributed by atoms with Gasteiger partial charge in [0.1, 0.15) is 6.29 Å². The van der Waals surface area contributed by atoms with E-state index in [1.54, 1.807) is 0 Å². The predicted molar refractivity (Wildman–Crippen MR) is 75.3 cm³/mol. The first-order chi connectivity index (χ1) is 9.28. The van der Waals surface area contributed by atoms with Gasteiger partial charge in [-0.1, -0.05) is 12.1 Å². The summed E-state index contributed by atoms with van der Waals surface area (Å²) >= 11 is 0. The number of carbonyl (C=O) groups excluding carboxylic acids is 1. The number of nitrogens with zero attached hydrogens (tertiary/aromatic N) is 1. The third-order valence-corrected chi connectivity index (χ3v) is 4.95. The number of likely N-dealkylation sites (tertiary alicyclic amines) is 1. The van der Waals surface area contributed by atoms with Gasteiger partial charge in [-0.3, -0.25) is 0 Å². The van der Waals surface area contributed by atoms with Crippen LogP contribution < -0.4 is 0 Å². The number of rotatable bonds is 1. The number of carbonyl (C=O) groups is 1. The fourth-order valence-corrected chi connectivity index (χ4v) is 4.08. The van der Waals surface area contributed by atoms with Gasteiger partial charge in [-0.25, -0.2) is 0 Å². The average Bonchev–Trinajstić information content (AvgIpc) is 2.85. The van der Waals surface area contributed by atoms with Gasteiger partial charge >= 0.3 is 0 Å². The molecule has 4 rings (SSSR count). The molecule has 1 aromatic carbocycles. The van der Waals surface area contributed by atoms with E-state index in [9.17, 15) is 4.79 Å². The zero-order valence-electron chi connectivity index (χ0n) is 11.1. The number of fused-ring (bicyclic) bond motifs is 2. The molecule has 0 amide bonds. The van der Waals surface area contributed by atoms with Crippen LogP contribution in [0.4, 0.5) is 0 Å². The monoisotopic (exact) mass is 254 g/mol. The topological polar surface area (TPSA) is 36.1 Å². The zero-order chi connectivity index (χ0) is 13.0. The molecule has 1 aliphatic heterocycles. The highest BCUT2D eigenvalue weighted by atomic mass is 16.1. The van der Waals surface area contributed by atoms with E-state index in [-0.39, 0.29) is 5.92 Å². The van der Waals surface area contributed by atoms with E-state index >= 15 is 0 Å². The van der Waals surface area contributed by atoms with Crippen LogP contribution in [0.2, 0.25) is 0 Å². The molecular formula is C16H18N2O. The van der Waals surface area contributed by atoms with E-state index in [2.05, 4.69) is 41.3 Å². The number of aromatic nitrogens is 1. The number of nitrogens with one attached hydrogen (secondary N) is 1. The lowest BCUT2D eigenvalue weighted by molar-refractivity contribution is -0.113. The number of piperidine rings is 1. The lowest BCUT2D eigenvalue weighted by Crippen LogP contribution is -2.48. The maximum Gasteiger partial charge on any atom is 0.124 e. The van der Waals surface area contributed by atoms with Crippen molar-refractivity contribution in [2.45, 2.75) is 24.8 Å². The van der Waals surface area contributed by atoms with Gasteiger partial charge in [0.2, 0.25) is 0 Å². The van der Waals surface area contributed by atoms with Crippen molar-refractivity contribution in [1.29, 1.82) is 0 Å². The van der Waals surface area contributed by atoms with Crippen LogP contribution in [0.25, 0.3) is 10.9 Å². The minimum Gasteiger partial charge on any atom is -0.361 e. The van der Waals surface area contributed by atoms with Crippen molar-refractivity contribution >= 4 is 17.2 Å². The minimum absolute atomic E-state index is 0.182. The zero-order valence-corrected chi connectivity index (χ0v) is 11.1. The lowest BCUT2D eigenvalue weighted by atomic mass is 9.73. The number of hydrogen-bond donors (Lipinski definition) is 1. The molecule has 0 spiro atoms. The minimum atomic E-state index is 0.182. The molecule has 0 radical (unpaired) electrons. The Morgan fingerprint density at radius 1 is 1.42 bits per heavy atom. The number of hydrogen-bond acceptors (Lipinski definition) is 2. The summed E-state index contributed by atoms with van der Waals surface area (Å²) in [6.45, 7) is 0.903. The molecule has 3 heteroatoms. The second-order valence-corrected chi connectivity index (χ2v) is 6.03. The molecule has 2 aliphatic rings. The predicted octanol–water partition coefficient (Wildman–Crippen LogP) is 2.33. The molecule has 3 nitrogen and oxygen atoms in total. The van der Waals surface area contributed by atoms with Gasteiger partial charge in [0.05, 0.1) is 0 Å². The van der Waals surface area contributed by atoms with Crippen molar-refractivity contribution in [1.82, 2.24) is 9.88 Å². The Kier molecular flexibility index (Phi) is 2.33. The molecule has 0 unspecified atom stereocenters. The van der Waals surface area contributed by atoms with Gasteiger partial charge in [0.15, 0.2) is 0 Å². The Labute approximate surface area is 112 Å². The summed E-state index contributed by atoms with van der Waals surface area (Å²) in [6, 6.07) is 7.07. The first kappa shape index (κ1) is 11.2. The van der Waals surface area contributed by atoms with Crippen LogP contribution in [-0.2, 0) is 11.2 Å². The van der Waals surface area contributed by atoms with Crippen LogP contribution in [0.3, 0.4) is 0 Å². The van der Waals surface area contributed by atoms with Crippen LogP contribution in [0, 0.1) is 5.92 Å². The van der Waals surface area contributed by atoms with Crippen LogP contribution in [-0.4, -0.2) is 35.8 Å². The first-order valence-corrected chi connectivity index (χ1v) is 7.02. The second kappa shape index (κ2) is 3.94. The highest BCUT2D eigenvalue weighted by Crippen LogP contribution is 2.43. The molecule has 2 aromatic rings. The Bertz CT molecular complexity index is 645. The van der Waals surface area contributed by atoms with Gasteiger partial charge in [-0.05, 0) is 37.1 Å². The van der Waals surface area contributed by atoms with E-state index in [0.717, 1.165) is 25.7 Å². The normalized spacial score (nSPS) is 30.3. The fraction of sp³-hybridized carbons (Fsp3) is 0.438. The highest BCUT2D eigenvalue weighted by molar-refractivity contribution is 5.88. The molecule has 1 fully saturated rings.